The Balaban J connectivity index is 1.66. The third kappa shape index (κ3) is 4.08. The summed E-state index contributed by atoms with van der Waals surface area (Å²) in [7, 11) is 1.64. The third-order valence-electron chi connectivity index (χ3n) is 5.43. The lowest BCUT2D eigenvalue weighted by Gasteiger charge is -2.20. The van der Waals surface area contributed by atoms with E-state index in [1.807, 2.05) is 36.4 Å². The van der Waals surface area contributed by atoms with Crippen LogP contribution in [0.25, 0.3) is 5.69 Å². The van der Waals surface area contributed by atoms with Crippen molar-refractivity contribution in [3.05, 3.63) is 112 Å². The summed E-state index contributed by atoms with van der Waals surface area (Å²) in [5.74, 6) is 1.65. The third-order valence-corrected chi connectivity index (χ3v) is 7.80. The maximum Gasteiger partial charge on any atom is 0.272 e. The van der Waals surface area contributed by atoms with Gasteiger partial charge in [-0.1, -0.05) is 72.4 Å². The molecule has 0 N–H and O–H groups in total. The van der Waals surface area contributed by atoms with Crippen LogP contribution < -0.4 is 10.3 Å². The van der Waals surface area contributed by atoms with Gasteiger partial charge in [0.25, 0.3) is 5.56 Å². The molecule has 2 heterocycles. The molecule has 0 atom stereocenters. The van der Waals surface area contributed by atoms with E-state index < -0.39 is 0 Å². The normalized spacial score (nSPS) is 12.7. The van der Waals surface area contributed by atoms with E-state index >= 15 is 0 Å². The fourth-order valence-electron chi connectivity index (χ4n) is 3.82. The fraction of sp³-hybridized carbons (Fsp3) is 0.154. The summed E-state index contributed by atoms with van der Waals surface area (Å²) >= 11 is 3.22. The first-order valence-electron chi connectivity index (χ1n) is 10.4. The van der Waals surface area contributed by atoms with Crippen LogP contribution in [0.3, 0.4) is 0 Å². The molecule has 32 heavy (non-hydrogen) atoms. The average Bonchev–Trinajstić information content (AvgIpc) is 3.33. The Hall–Kier alpha value is -2.96. The van der Waals surface area contributed by atoms with Crippen LogP contribution in [0.1, 0.15) is 22.1 Å². The minimum Gasteiger partial charge on any atom is -0.497 e. The number of thioether (sulfide) groups is 2. The number of hydrogen-bond donors (Lipinski definition) is 0. The zero-order chi connectivity index (χ0) is 21.9. The Morgan fingerprint density at radius 1 is 0.938 bits per heavy atom. The highest BCUT2D eigenvalue weighted by atomic mass is 32.2. The van der Waals surface area contributed by atoms with Gasteiger partial charge in [0.05, 0.1) is 28.6 Å². The summed E-state index contributed by atoms with van der Waals surface area (Å²) in [6.45, 7) is 0. The highest BCUT2D eigenvalue weighted by molar-refractivity contribution is 8.00. The van der Waals surface area contributed by atoms with Gasteiger partial charge in [-0.3, -0.25) is 9.36 Å². The second-order valence-corrected chi connectivity index (χ2v) is 9.60. The van der Waals surface area contributed by atoms with E-state index in [2.05, 4.69) is 48.5 Å². The molecule has 1 aromatic heterocycles. The van der Waals surface area contributed by atoms with Crippen molar-refractivity contribution in [1.29, 1.82) is 0 Å². The predicted octanol–water partition coefficient (Wildman–Crippen LogP) is 5.77. The number of methoxy groups -OCH3 is 1. The quantitative estimate of drug-likeness (QED) is 0.271. The molecule has 0 fully saturated rings. The summed E-state index contributed by atoms with van der Waals surface area (Å²) in [6.07, 6.45) is 0.827. The van der Waals surface area contributed by atoms with Crippen LogP contribution in [0.2, 0.25) is 0 Å². The second kappa shape index (κ2) is 9.27. The van der Waals surface area contributed by atoms with Crippen LogP contribution in [0.15, 0.2) is 99.8 Å². The zero-order valence-electron chi connectivity index (χ0n) is 17.6. The van der Waals surface area contributed by atoms with E-state index in [0.29, 0.717) is 5.16 Å². The molecule has 6 heteroatoms. The van der Waals surface area contributed by atoms with Crippen molar-refractivity contribution in [2.75, 3.05) is 12.9 Å². The summed E-state index contributed by atoms with van der Waals surface area (Å²) in [4.78, 5) is 19.3. The number of benzene rings is 3. The van der Waals surface area contributed by atoms with E-state index in [9.17, 15) is 4.79 Å². The Bertz CT molecular complexity index is 1230. The van der Waals surface area contributed by atoms with Gasteiger partial charge in [0.15, 0.2) is 5.16 Å². The molecule has 0 bridgehead atoms. The van der Waals surface area contributed by atoms with Gasteiger partial charge in [-0.25, -0.2) is 4.98 Å². The standard InChI is InChI=1S/C26H22N2O2S2/c1-30-21-14-12-20(13-15-21)28-25(29)24-22(16-17-31-24)27-26(28)32-23(18-8-4-2-5-9-18)19-10-6-3-7-11-19/h2-15,23H,16-17H2,1H3. The van der Waals surface area contributed by atoms with Crippen LogP contribution in [-0.2, 0) is 6.42 Å². The smallest absolute Gasteiger partial charge is 0.272 e. The molecule has 0 spiro atoms. The SMILES string of the molecule is COc1ccc(-n2c(SC(c3ccccc3)c3ccccc3)nc3c(c2=O)SCC3)cc1. The van der Waals surface area contributed by atoms with Gasteiger partial charge in [0, 0.05) is 12.2 Å². The molecule has 160 valence electrons. The van der Waals surface area contributed by atoms with Gasteiger partial charge in [-0.2, -0.15) is 0 Å². The van der Waals surface area contributed by atoms with Crippen LogP contribution >= 0.6 is 23.5 Å². The average molecular weight is 459 g/mol. The summed E-state index contributed by atoms with van der Waals surface area (Å²) in [5, 5.41) is 0.722. The number of fused-ring (bicyclic) bond motifs is 1. The Kier molecular flexibility index (Phi) is 6.06. The van der Waals surface area contributed by atoms with E-state index in [-0.39, 0.29) is 10.8 Å². The van der Waals surface area contributed by atoms with E-state index in [4.69, 9.17) is 9.72 Å². The lowest BCUT2D eigenvalue weighted by atomic mass is 10.0. The predicted molar refractivity (Wildman–Crippen MR) is 131 cm³/mol. The monoisotopic (exact) mass is 458 g/mol. The molecule has 3 aromatic carbocycles. The van der Waals surface area contributed by atoms with Crippen molar-refractivity contribution in [3.63, 3.8) is 0 Å². The Morgan fingerprint density at radius 2 is 1.56 bits per heavy atom. The number of aromatic nitrogens is 2. The summed E-state index contributed by atoms with van der Waals surface area (Å²) in [6, 6.07) is 28.3. The first-order chi connectivity index (χ1) is 15.7. The number of nitrogens with zero attached hydrogens (tertiary/aromatic N) is 2. The van der Waals surface area contributed by atoms with Crippen LogP contribution in [-0.4, -0.2) is 22.4 Å². The van der Waals surface area contributed by atoms with Gasteiger partial charge in [-0.05, 0) is 35.4 Å². The van der Waals surface area contributed by atoms with Crippen LogP contribution in [0, 0.1) is 0 Å². The van der Waals surface area contributed by atoms with E-state index in [0.717, 1.165) is 34.2 Å². The van der Waals surface area contributed by atoms with Crippen molar-refractivity contribution in [1.82, 2.24) is 9.55 Å². The number of rotatable bonds is 6. The van der Waals surface area contributed by atoms with Crippen molar-refractivity contribution < 1.29 is 4.74 Å². The first kappa shape index (κ1) is 20.9. The zero-order valence-corrected chi connectivity index (χ0v) is 19.2. The molecular formula is C26H22N2O2S2. The van der Waals surface area contributed by atoms with Crippen molar-refractivity contribution in [2.24, 2.45) is 0 Å². The first-order valence-corrected chi connectivity index (χ1v) is 12.3. The maximum atomic E-state index is 13.5. The molecule has 1 aliphatic rings. The lowest BCUT2D eigenvalue weighted by molar-refractivity contribution is 0.414. The molecule has 0 amide bonds. The maximum absolute atomic E-state index is 13.5. The Morgan fingerprint density at radius 3 is 2.16 bits per heavy atom. The summed E-state index contributed by atoms with van der Waals surface area (Å²) < 4.78 is 7.06. The minimum atomic E-state index is 0.00467. The van der Waals surface area contributed by atoms with Crippen molar-refractivity contribution >= 4 is 23.5 Å². The lowest BCUT2D eigenvalue weighted by Crippen LogP contribution is -2.24. The highest BCUT2D eigenvalue weighted by Crippen LogP contribution is 2.41. The Labute approximate surface area is 195 Å². The van der Waals surface area contributed by atoms with Crippen LogP contribution in [0.4, 0.5) is 0 Å². The molecule has 4 aromatic rings. The molecule has 0 saturated carbocycles. The highest BCUT2D eigenvalue weighted by Gasteiger charge is 2.25. The molecule has 0 unspecified atom stereocenters. The van der Waals surface area contributed by atoms with Crippen LogP contribution in [0.5, 0.6) is 5.75 Å². The molecule has 0 saturated heterocycles. The largest absolute Gasteiger partial charge is 0.497 e. The molecule has 1 aliphatic heterocycles. The van der Waals surface area contributed by atoms with Gasteiger partial charge >= 0.3 is 0 Å². The molecule has 4 nitrogen and oxygen atoms in total. The fourth-order valence-corrected chi connectivity index (χ4v) is 6.10. The minimum absolute atomic E-state index is 0.00467. The van der Waals surface area contributed by atoms with Crippen molar-refractivity contribution in [3.8, 4) is 11.4 Å². The molecule has 0 radical (unpaired) electrons. The molecule has 5 rings (SSSR count). The second-order valence-electron chi connectivity index (χ2n) is 7.43. The molecule has 0 aliphatic carbocycles. The molecular weight excluding hydrogens is 436 g/mol. The van der Waals surface area contributed by atoms with Gasteiger partial charge in [-0.15, -0.1) is 11.8 Å². The number of aryl methyl sites for hydroxylation is 1. The number of ether oxygens (including phenoxy) is 1. The summed E-state index contributed by atoms with van der Waals surface area (Å²) in [5.41, 5.74) is 4.06. The van der Waals surface area contributed by atoms with Gasteiger partial charge in [0.1, 0.15) is 5.75 Å². The van der Waals surface area contributed by atoms with Gasteiger partial charge in [0.2, 0.25) is 0 Å². The number of hydrogen-bond acceptors (Lipinski definition) is 5. The topological polar surface area (TPSA) is 44.1 Å². The van der Waals surface area contributed by atoms with E-state index in [1.165, 1.54) is 11.1 Å². The van der Waals surface area contributed by atoms with Crippen molar-refractivity contribution in [2.45, 2.75) is 21.7 Å². The van der Waals surface area contributed by atoms with E-state index in [1.54, 1.807) is 35.2 Å². The van der Waals surface area contributed by atoms with Gasteiger partial charge < -0.3 is 4.74 Å².